The van der Waals surface area contributed by atoms with Gasteiger partial charge in [0.25, 0.3) is 11.8 Å². The van der Waals surface area contributed by atoms with Crippen LogP contribution in [0, 0.1) is 28.6 Å². The molecular weight excluding hydrogens is 809 g/mol. The summed E-state index contributed by atoms with van der Waals surface area (Å²) < 4.78 is 13.4. The van der Waals surface area contributed by atoms with Gasteiger partial charge in [-0.2, -0.15) is 0 Å². The Hall–Kier alpha value is -5.61. The number of Topliss-reactive ketones (excluding diaryl/α,β-unsaturated/α-hetero) is 1. The molecule has 3 saturated carbocycles. The average Bonchev–Trinajstić information content (AvgIpc) is 3.87. The van der Waals surface area contributed by atoms with E-state index in [4.69, 9.17) is 9.47 Å². The van der Waals surface area contributed by atoms with Crippen LogP contribution in [0.1, 0.15) is 82.8 Å². The lowest BCUT2D eigenvalue weighted by molar-refractivity contribution is -0.201. The highest BCUT2D eigenvalue weighted by Crippen LogP contribution is 2.70. The third kappa shape index (κ3) is 7.78. The minimum absolute atomic E-state index is 0.0106. The molecular formula is C48H54N4O11. The Balaban J connectivity index is 0.869. The average molecular weight is 863 g/mol. The third-order valence-corrected chi connectivity index (χ3v) is 14.6. The van der Waals surface area contributed by atoms with E-state index in [0.29, 0.717) is 30.5 Å². The van der Waals surface area contributed by atoms with Gasteiger partial charge in [0.15, 0.2) is 23.5 Å². The molecule has 5 amide bonds. The lowest BCUT2D eigenvalue weighted by Gasteiger charge is -2.59. The smallest absolute Gasteiger partial charge is 0.253 e. The molecule has 0 radical (unpaired) electrons. The van der Waals surface area contributed by atoms with Crippen molar-refractivity contribution in [1.29, 1.82) is 0 Å². The fraction of sp³-hybridized carbons (Fsp3) is 0.479. The Labute approximate surface area is 365 Å². The first-order valence-corrected chi connectivity index (χ1v) is 21.7. The van der Waals surface area contributed by atoms with Crippen molar-refractivity contribution in [2.24, 2.45) is 28.6 Å². The van der Waals surface area contributed by atoms with Gasteiger partial charge in [0.1, 0.15) is 18.7 Å². The number of aliphatic hydroxyl groups is 2. The van der Waals surface area contributed by atoms with Gasteiger partial charge in [-0.3, -0.25) is 38.5 Å². The minimum atomic E-state index is -1.45. The summed E-state index contributed by atoms with van der Waals surface area (Å²) in [6.45, 7) is 6.27. The van der Waals surface area contributed by atoms with Crippen molar-refractivity contribution in [3.63, 3.8) is 0 Å². The number of nitrogens with zero attached hydrogens (tertiary/aromatic N) is 1. The van der Waals surface area contributed by atoms with Crippen LogP contribution in [0.3, 0.4) is 0 Å². The van der Waals surface area contributed by atoms with Crippen LogP contribution in [0.2, 0.25) is 0 Å². The zero-order chi connectivity index (χ0) is 45.0. The highest BCUT2D eigenvalue weighted by Gasteiger charge is 2.76. The van der Waals surface area contributed by atoms with Crippen LogP contribution in [-0.4, -0.2) is 99.3 Å². The number of anilines is 1. The van der Waals surface area contributed by atoms with Crippen LogP contribution in [0.25, 0.3) is 0 Å². The van der Waals surface area contributed by atoms with E-state index >= 15 is 0 Å². The molecule has 63 heavy (non-hydrogen) atoms. The molecule has 332 valence electrons. The monoisotopic (exact) mass is 862 g/mol. The summed E-state index contributed by atoms with van der Waals surface area (Å²) in [7, 11) is 0. The standard InChI is InChI=1S/C48H54N4O11/c1-26(49-39(57)17-19-52-40(58)14-15-41(52)59)43(60)50-27(2)44(61)51-32-7-5-6-29(21-32)20-28-8-10-30(11-9-28)45-62-38-23-35-34-13-12-31-22-33(54)16-18-46(31,3)42(34)36(55)24-47(35,4)48(38,63-45)37(56)25-53/h5-11,14-16,18,21-22,26-27,34-36,38,42,45,53,55H,12-13,17,19-20,23-25H2,1-4H3,(H,49,57)(H,50,60)(H,51,61)/t26-,27-,34-,35-,36-,38+,42+,45+,46-,47-,48+/m0/s1. The third-order valence-electron chi connectivity index (χ3n) is 14.6. The molecule has 2 aromatic carbocycles. The van der Waals surface area contributed by atoms with E-state index in [1.165, 1.54) is 13.8 Å². The lowest BCUT2D eigenvalue weighted by Crippen LogP contribution is -2.63. The number of rotatable bonds is 13. The van der Waals surface area contributed by atoms with Gasteiger partial charge in [-0.1, -0.05) is 61.9 Å². The van der Waals surface area contributed by atoms with Crippen LogP contribution in [0.4, 0.5) is 5.69 Å². The van der Waals surface area contributed by atoms with Gasteiger partial charge in [-0.05, 0) is 93.2 Å². The molecule has 0 aromatic heterocycles. The predicted molar refractivity (Wildman–Crippen MR) is 227 cm³/mol. The molecule has 0 unspecified atom stereocenters. The minimum Gasteiger partial charge on any atom is -0.393 e. The van der Waals surface area contributed by atoms with E-state index in [0.717, 1.165) is 46.6 Å². The van der Waals surface area contributed by atoms with Gasteiger partial charge < -0.3 is 35.6 Å². The number of hydrogen-bond donors (Lipinski definition) is 5. The molecule has 2 aliphatic heterocycles. The van der Waals surface area contributed by atoms with Crippen LogP contribution < -0.4 is 16.0 Å². The van der Waals surface area contributed by atoms with Gasteiger partial charge in [-0.15, -0.1) is 0 Å². The van der Waals surface area contributed by atoms with Crippen molar-refractivity contribution in [3.05, 3.63) is 101 Å². The number of amides is 5. The summed E-state index contributed by atoms with van der Waals surface area (Å²) in [6, 6.07) is 13.0. The molecule has 1 saturated heterocycles. The largest absolute Gasteiger partial charge is 0.393 e. The van der Waals surface area contributed by atoms with Gasteiger partial charge in [0, 0.05) is 53.1 Å². The summed E-state index contributed by atoms with van der Waals surface area (Å²) in [4.78, 5) is 88.8. The second-order valence-corrected chi connectivity index (χ2v) is 18.4. The highest BCUT2D eigenvalue weighted by atomic mass is 16.7. The Morgan fingerprint density at radius 3 is 2.35 bits per heavy atom. The molecule has 2 aromatic rings. The summed E-state index contributed by atoms with van der Waals surface area (Å²) in [5.74, 6) is -3.15. The van der Waals surface area contributed by atoms with E-state index in [1.54, 1.807) is 18.2 Å². The number of carbonyl (C=O) groups excluding carboxylic acids is 7. The first kappa shape index (κ1) is 44.0. The SMILES string of the molecule is C[C@H](NC(=O)CCN1C(=O)C=CC1=O)C(=O)N[C@@H](C)C(=O)Nc1cccc(Cc2ccc([C@@H]3O[C@@H]4C[C@H]5[C@@H]6CCC7=CC(=O)C=C[C@]7(C)[C@H]6[C@@H](O)C[C@]5(C)[C@]4(C(=O)CO)O3)cc2)c1. The number of aliphatic hydroxyl groups excluding tert-OH is 2. The zero-order valence-electron chi connectivity index (χ0n) is 35.8. The van der Waals surface area contributed by atoms with Crippen LogP contribution in [0.5, 0.6) is 0 Å². The Bertz CT molecular complexity index is 2320. The first-order chi connectivity index (χ1) is 30.0. The fourth-order valence-corrected chi connectivity index (χ4v) is 11.5. The van der Waals surface area contributed by atoms with E-state index in [1.807, 2.05) is 55.5 Å². The zero-order valence-corrected chi connectivity index (χ0v) is 35.8. The molecule has 6 aliphatic rings. The van der Waals surface area contributed by atoms with E-state index < -0.39 is 88.9 Å². The van der Waals surface area contributed by atoms with E-state index in [-0.39, 0.29) is 36.5 Å². The van der Waals surface area contributed by atoms with E-state index in [9.17, 15) is 43.8 Å². The number of benzene rings is 2. The number of fused-ring (bicyclic) bond motifs is 7. The highest BCUT2D eigenvalue weighted by molar-refractivity contribution is 6.13. The van der Waals surface area contributed by atoms with Gasteiger partial charge >= 0.3 is 0 Å². The quantitative estimate of drug-likeness (QED) is 0.184. The molecule has 15 nitrogen and oxygen atoms in total. The molecule has 4 aliphatic carbocycles. The van der Waals surface area contributed by atoms with Crippen molar-refractivity contribution in [1.82, 2.24) is 15.5 Å². The van der Waals surface area contributed by atoms with E-state index in [2.05, 4.69) is 22.9 Å². The normalized spacial score (nSPS) is 32.5. The molecule has 4 fully saturated rings. The number of allylic oxidation sites excluding steroid dienone is 4. The number of carbonyl (C=O) groups is 7. The molecule has 11 atom stereocenters. The summed E-state index contributed by atoms with van der Waals surface area (Å²) in [5, 5.41) is 30.2. The van der Waals surface area contributed by atoms with Gasteiger partial charge in [-0.25, -0.2) is 0 Å². The number of nitrogens with one attached hydrogen (secondary N) is 3. The molecule has 0 spiro atoms. The van der Waals surface area contributed by atoms with Crippen molar-refractivity contribution < 1.29 is 53.2 Å². The fourth-order valence-electron chi connectivity index (χ4n) is 11.5. The van der Waals surface area contributed by atoms with Crippen LogP contribution in [0.15, 0.2) is 84.5 Å². The first-order valence-electron chi connectivity index (χ1n) is 21.7. The summed E-state index contributed by atoms with van der Waals surface area (Å²) in [5.41, 5.74) is 1.42. The number of imide groups is 1. The second kappa shape index (κ2) is 16.8. The van der Waals surface area contributed by atoms with Gasteiger partial charge in [0.2, 0.25) is 17.7 Å². The Morgan fingerprint density at radius 2 is 1.63 bits per heavy atom. The van der Waals surface area contributed by atoms with Crippen LogP contribution >= 0.6 is 0 Å². The second-order valence-electron chi connectivity index (χ2n) is 18.4. The summed E-state index contributed by atoms with van der Waals surface area (Å²) in [6.07, 6.45) is 7.96. The van der Waals surface area contributed by atoms with Gasteiger partial charge in [0.05, 0.1) is 12.2 Å². The summed E-state index contributed by atoms with van der Waals surface area (Å²) >= 11 is 0. The lowest BCUT2D eigenvalue weighted by atomic mass is 9.46. The van der Waals surface area contributed by atoms with Crippen molar-refractivity contribution in [2.45, 2.75) is 102 Å². The van der Waals surface area contributed by atoms with Crippen LogP contribution in [-0.2, 0) is 49.5 Å². The Kier molecular flexibility index (Phi) is 11.8. The van der Waals surface area contributed by atoms with Crippen molar-refractivity contribution in [3.8, 4) is 0 Å². The number of ketones is 2. The predicted octanol–water partition coefficient (Wildman–Crippen LogP) is 3.14. The number of ether oxygens (including phenoxy) is 2. The molecule has 5 N–H and O–H groups in total. The Morgan fingerprint density at radius 1 is 0.921 bits per heavy atom. The van der Waals surface area contributed by atoms with Crippen molar-refractivity contribution in [2.75, 3.05) is 18.5 Å². The molecule has 15 heteroatoms. The molecule has 2 heterocycles. The molecule has 8 rings (SSSR count). The molecule has 0 bridgehead atoms. The maximum absolute atomic E-state index is 13.9. The number of hydrogen-bond acceptors (Lipinski definition) is 11. The maximum Gasteiger partial charge on any atom is 0.253 e. The topological polar surface area (TPSA) is 218 Å². The maximum atomic E-state index is 13.9. The van der Waals surface area contributed by atoms with Crippen molar-refractivity contribution >= 4 is 46.8 Å².